The molecule has 0 aromatic heterocycles. The zero-order valence-corrected chi connectivity index (χ0v) is 9.34. The lowest BCUT2D eigenvalue weighted by Crippen LogP contribution is -2.64. The van der Waals surface area contributed by atoms with Crippen molar-refractivity contribution in [1.82, 2.24) is 14.7 Å². The largest absolute Gasteiger partial charge is 0.283 e. The second kappa shape index (κ2) is 3.67. The summed E-state index contributed by atoms with van der Waals surface area (Å²) < 4.78 is 0. The van der Waals surface area contributed by atoms with E-state index in [4.69, 9.17) is 0 Å². The topological polar surface area (TPSA) is 9.72 Å². The Morgan fingerprint density at radius 1 is 0.727 bits per heavy atom. The van der Waals surface area contributed by atoms with Gasteiger partial charge in [0.2, 0.25) is 0 Å². The molecule has 0 saturated heterocycles. The van der Waals surface area contributed by atoms with E-state index < -0.39 is 0 Å². The molecule has 65 valence electrons. The van der Waals surface area contributed by atoms with E-state index in [9.17, 15) is 0 Å². The van der Waals surface area contributed by atoms with Crippen molar-refractivity contribution in [3.05, 3.63) is 0 Å². The Hall–Kier alpha value is 0.0969. The van der Waals surface area contributed by atoms with Crippen LogP contribution in [0.1, 0.15) is 0 Å². The van der Waals surface area contributed by atoms with Crippen LogP contribution in [-0.2, 0) is 0 Å². The third-order valence-corrected chi connectivity index (χ3v) is 3.21. The molecule has 0 aliphatic heterocycles. The molecule has 0 bridgehead atoms. The molecule has 0 aliphatic rings. The van der Waals surface area contributed by atoms with Crippen LogP contribution in [-0.4, -0.2) is 72.6 Å². The predicted octanol–water partition coefficient (Wildman–Crippen LogP) is -0.549. The summed E-state index contributed by atoms with van der Waals surface area (Å²) >= 11 is 0. The van der Waals surface area contributed by atoms with Crippen LogP contribution in [0.5, 0.6) is 0 Å². The first-order chi connectivity index (χ1) is 4.83. The summed E-state index contributed by atoms with van der Waals surface area (Å²) in [5.74, 6) is 0. The molecule has 0 amide bonds. The zero-order chi connectivity index (χ0) is 9.23. The maximum atomic E-state index is 3.71. The van der Waals surface area contributed by atoms with E-state index in [1.54, 1.807) is 0 Å². The molecular weight excluding hydrogens is 154 g/mol. The Bertz CT molecular complexity index is 101. The molecule has 0 N–H and O–H groups in total. The van der Waals surface area contributed by atoms with Gasteiger partial charge in [-0.1, -0.05) is 0 Å². The van der Waals surface area contributed by atoms with Gasteiger partial charge >= 0.3 is 0 Å². The number of rotatable bonds is 3. The fourth-order valence-electron chi connectivity index (χ4n) is 1.20. The van der Waals surface area contributed by atoms with E-state index in [1.807, 2.05) is 42.3 Å². The lowest BCUT2D eigenvalue weighted by atomic mass is 10.5. The summed E-state index contributed by atoms with van der Waals surface area (Å²) in [7, 11) is 15.9. The smallest absolute Gasteiger partial charge is 0.106 e. The predicted molar refractivity (Wildman–Crippen MR) is 49.5 cm³/mol. The van der Waals surface area contributed by atoms with Gasteiger partial charge in [-0.3, -0.25) is 14.7 Å². The Balaban J connectivity index is 4.53. The van der Waals surface area contributed by atoms with Crippen LogP contribution in [0.2, 0.25) is 0 Å². The first-order valence-corrected chi connectivity index (χ1v) is 4.10. The first kappa shape index (κ1) is 11.1. The van der Waals surface area contributed by atoms with Gasteiger partial charge in [-0.05, 0) is 42.3 Å². The van der Waals surface area contributed by atoms with Gasteiger partial charge in [0, 0.05) is 0 Å². The van der Waals surface area contributed by atoms with E-state index in [1.165, 1.54) is 0 Å². The summed E-state index contributed by atoms with van der Waals surface area (Å²) in [5, 5.41) is 0. The normalized spacial score (nSPS) is 13.6. The minimum absolute atomic E-state index is 0.194. The van der Waals surface area contributed by atoms with Gasteiger partial charge in [-0.2, -0.15) is 0 Å². The van der Waals surface area contributed by atoms with Crippen LogP contribution >= 0.6 is 0 Å². The summed E-state index contributed by atoms with van der Waals surface area (Å²) in [5.41, 5.74) is -0.194. The quantitative estimate of drug-likeness (QED) is 0.418. The van der Waals surface area contributed by atoms with Gasteiger partial charge < -0.3 is 0 Å². The molecule has 0 saturated carbocycles. The fourth-order valence-corrected chi connectivity index (χ4v) is 1.20. The van der Waals surface area contributed by atoms with Crippen molar-refractivity contribution in [3.63, 3.8) is 0 Å². The van der Waals surface area contributed by atoms with Crippen LogP contribution in [0.15, 0.2) is 0 Å². The van der Waals surface area contributed by atoms with Crippen LogP contribution in [0.4, 0.5) is 0 Å². The van der Waals surface area contributed by atoms with E-state index >= 15 is 0 Å². The second-order valence-corrected chi connectivity index (χ2v) is 3.99. The molecule has 0 heterocycles. The van der Waals surface area contributed by atoms with Crippen molar-refractivity contribution >= 4 is 10.2 Å². The summed E-state index contributed by atoms with van der Waals surface area (Å²) in [6.45, 7) is 0. The minimum Gasteiger partial charge on any atom is -0.283 e. The average Bonchev–Trinajstić information content (AvgIpc) is 1.84. The Morgan fingerprint density at radius 2 is 0.909 bits per heavy atom. The standard InChI is InChI=1S/C7H18N3Si/c1-8(2)7(11,9(3)4)10(5)6/h1-6H3. The highest BCUT2D eigenvalue weighted by Crippen LogP contribution is 2.12. The number of hydrogen-bond donors (Lipinski definition) is 0. The van der Waals surface area contributed by atoms with E-state index in [0.717, 1.165) is 0 Å². The van der Waals surface area contributed by atoms with E-state index in [-0.39, 0.29) is 5.41 Å². The molecule has 0 aromatic rings. The molecule has 0 fully saturated rings. The van der Waals surface area contributed by atoms with Gasteiger partial charge in [-0.15, -0.1) is 0 Å². The van der Waals surface area contributed by atoms with Crippen molar-refractivity contribution in [2.75, 3.05) is 42.3 Å². The molecular formula is C7H18N3Si. The van der Waals surface area contributed by atoms with Crippen LogP contribution in [0.25, 0.3) is 0 Å². The van der Waals surface area contributed by atoms with Gasteiger partial charge in [0.1, 0.15) is 5.41 Å². The molecule has 0 unspecified atom stereocenters. The van der Waals surface area contributed by atoms with Gasteiger partial charge in [0.15, 0.2) is 0 Å². The summed E-state index contributed by atoms with van der Waals surface area (Å²) in [6, 6.07) is 0. The molecule has 0 atom stereocenters. The van der Waals surface area contributed by atoms with Crippen molar-refractivity contribution in [3.8, 4) is 0 Å². The molecule has 0 aromatic carbocycles. The maximum Gasteiger partial charge on any atom is 0.106 e. The Morgan fingerprint density at radius 3 is 0.909 bits per heavy atom. The Kier molecular flexibility index (Phi) is 3.70. The zero-order valence-electron chi connectivity index (χ0n) is 8.34. The van der Waals surface area contributed by atoms with Gasteiger partial charge in [0.05, 0.1) is 10.2 Å². The molecule has 11 heavy (non-hydrogen) atoms. The summed E-state index contributed by atoms with van der Waals surface area (Å²) in [4.78, 5) is 6.30. The van der Waals surface area contributed by atoms with Crippen LogP contribution in [0.3, 0.4) is 0 Å². The molecule has 0 rings (SSSR count). The monoisotopic (exact) mass is 172 g/mol. The highest BCUT2D eigenvalue weighted by Gasteiger charge is 2.31. The van der Waals surface area contributed by atoms with Crippen molar-refractivity contribution < 1.29 is 0 Å². The highest BCUT2D eigenvalue weighted by atomic mass is 28.1. The summed E-state index contributed by atoms with van der Waals surface area (Å²) in [6.07, 6.45) is 0. The van der Waals surface area contributed by atoms with Crippen molar-refractivity contribution in [2.45, 2.75) is 5.41 Å². The third kappa shape index (κ3) is 2.02. The molecule has 4 heteroatoms. The lowest BCUT2D eigenvalue weighted by molar-refractivity contribution is -0.0338. The highest BCUT2D eigenvalue weighted by molar-refractivity contribution is 6.14. The fraction of sp³-hybridized carbons (Fsp3) is 1.00. The van der Waals surface area contributed by atoms with Gasteiger partial charge in [-0.25, -0.2) is 0 Å². The second-order valence-electron chi connectivity index (χ2n) is 3.32. The average molecular weight is 172 g/mol. The molecule has 3 radical (unpaired) electrons. The maximum absolute atomic E-state index is 3.71. The third-order valence-electron chi connectivity index (χ3n) is 1.87. The number of hydrogen-bond acceptors (Lipinski definition) is 3. The van der Waals surface area contributed by atoms with Crippen molar-refractivity contribution in [2.24, 2.45) is 0 Å². The molecule has 3 nitrogen and oxygen atoms in total. The first-order valence-electron chi connectivity index (χ1n) is 3.60. The molecule has 0 spiro atoms. The lowest BCUT2D eigenvalue weighted by Gasteiger charge is -2.47. The van der Waals surface area contributed by atoms with E-state index in [0.29, 0.717) is 0 Å². The van der Waals surface area contributed by atoms with E-state index in [2.05, 4.69) is 24.9 Å². The number of nitrogens with zero attached hydrogens (tertiary/aromatic N) is 3. The Labute approximate surface area is 73.4 Å². The SMILES string of the molecule is CN(C)C([Si])(N(C)C)N(C)C. The van der Waals surface area contributed by atoms with Gasteiger partial charge in [0.25, 0.3) is 0 Å². The van der Waals surface area contributed by atoms with Crippen molar-refractivity contribution in [1.29, 1.82) is 0 Å². The molecule has 0 aliphatic carbocycles. The van der Waals surface area contributed by atoms with Crippen LogP contribution < -0.4 is 0 Å². The minimum atomic E-state index is -0.194. The van der Waals surface area contributed by atoms with Crippen LogP contribution in [0, 0.1) is 0 Å².